The summed E-state index contributed by atoms with van der Waals surface area (Å²) < 4.78 is 33.7. The number of hydrogen-bond donors (Lipinski definition) is 1. The van der Waals surface area contributed by atoms with Crippen LogP contribution < -0.4 is 4.72 Å². The summed E-state index contributed by atoms with van der Waals surface area (Å²) in [5, 5.41) is 3.95. The molecule has 3 aromatic rings. The maximum absolute atomic E-state index is 12.8. The number of hydrogen-bond acceptors (Lipinski definition) is 5. The molecule has 0 saturated heterocycles. The third-order valence-corrected chi connectivity index (χ3v) is 7.06. The van der Waals surface area contributed by atoms with Crippen LogP contribution in [0.3, 0.4) is 0 Å². The molecule has 1 aromatic carbocycles. The summed E-state index contributed by atoms with van der Waals surface area (Å²) in [6, 6.07) is 9.11. The third kappa shape index (κ3) is 3.54. The summed E-state index contributed by atoms with van der Waals surface area (Å²) in [5.74, 6) is 1.02. The van der Waals surface area contributed by atoms with Crippen molar-refractivity contribution in [1.82, 2.24) is 5.16 Å². The van der Waals surface area contributed by atoms with Crippen molar-refractivity contribution in [3.8, 4) is 10.6 Å². The summed E-state index contributed by atoms with van der Waals surface area (Å²) >= 11 is 1.39. The molecule has 138 valence electrons. The van der Waals surface area contributed by atoms with Gasteiger partial charge in [-0.1, -0.05) is 31.1 Å². The normalized spacial score (nSPS) is 11.9. The van der Waals surface area contributed by atoms with Crippen molar-refractivity contribution >= 4 is 27.0 Å². The van der Waals surface area contributed by atoms with E-state index in [9.17, 15) is 8.42 Å². The minimum Gasteiger partial charge on any atom is -0.355 e. The molecule has 0 radical (unpaired) electrons. The van der Waals surface area contributed by atoms with E-state index in [0.717, 1.165) is 21.7 Å². The molecule has 3 rings (SSSR count). The smallest absolute Gasteiger partial charge is 0.263 e. The molecule has 0 fully saturated rings. The van der Waals surface area contributed by atoms with Gasteiger partial charge in [-0.25, -0.2) is 8.42 Å². The fraction of sp³-hybridized carbons (Fsp3) is 0.316. The number of rotatable bonds is 5. The van der Waals surface area contributed by atoms with E-state index in [1.54, 1.807) is 25.1 Å². The Morgan fingerprint density at radius 1 is 1.12 bits per heavy atom. The number of thiophene rings is 1. The third-order valence-electron chi connectivity index (χ3n) is 4.37. The van der Waals surface area contributed by atoms with Crippen molar-refractivity contribution < 1.29 is 12.9 Å². The summed E-state index contributed by atoms with van der Waals surface area (Å²) in [6.07, 6.45) is 0. The van der Waals surface area contributed by atoms with Crippen LogP contribution in [0.5, 0.6) is 0 Å². The van der Waals surface area contributed by atoms with Crippen molar-refractivity contribution in [2.75, 3.05) is 4.72 Å². The Kier molecular flexibility index (Phi) is 4.94. The Morgan fingerprint density at radius 3 is 2.31 bits per heavy atom. The van der Waals surface area contributed by atoms with Gasteiger partial charge in [-0.15, -0.1) is 11.3 Å². The Balaban J connectivity index is 1.91. The maximum Gasteiger partial charge on any atom is 0.263 e. The molecule has 0 aliphatic heterocycles. The van der Waals surface area contributed by atoms with Gasteiger partial charge in [0.2, 0.25) is 0 Å². The van der Waals surface area contributed by atoms with Gasteiger partial charge in [0.05, 0.1) is 10.6 Å². The van der Waals surface area contributed by atoms with Crippen molar-refractivity contribution in [3.05, 3.63) is 52.0 Å². The van der Waals surface area contributed by atoms with Crippen LogP contribution in [0.2, 0.25) is 0 Å². The summed E-state index contributed by atoms with van der Waals surface area (Å²) in [7, 11) is -3.67. The number of benzene rings is 1. The molecule has 2 heterocycles. The molecular weight excluding hydrogens is 368 g/mol. The average Bonchev–Trinajstić information content (AvgIpc) is 3.11. The van der Waals surface area contributed by atoms with E-state index in [4.69, 9.17) is 4.52 Å². The van der Waals surface area contributed by atoms with E-state index >= 15 is 0 Å². The van der Waals surface area contributed by atoms with E-state index in [-0.39, 0.29) is 4.90 Å². The monoisotopic (exact) mass is 390 g/mol. The van der Waals surface area contributed by atoms with Crippen LogP contribution in [-0.4, -0.2) is 13.6 Å². The molecule has 0 atom stereocenters. The fourth-order valence-corrected chi connectivity index (χ4v) is 5.32. The van der Waals surface area contributed by atoms with E-state index in [1.807, 2.05) is 26.0 Å². The van der Waals surface area contributed by atoms with Gasteiger partial charge in [0.25, 0.3) is 10.0 Å². The minimum atomic E-state index is -3.67. The molecule has 5 nitrogen and oxygen atoms in total. The fourth-order valence-electron chi connectivity index (χ4n) is 2.64. The number of nitrogens with one attached hydrogen (secondary N) is 1. The van der Waals surface area contributed by atoms with Crippen molar-refractivity contribution in [2.45, 2.75) is 45.4 Å². The highest BCUT2D eigenvalue weighted by atomic mass is 32.2. The van der Waals surface area contributed by atoms with Gasteiger partial charge < -0.3 is 4.52 Å². The molecular formula is C19H22N2O3S2. The average molecular weight is 391 g/mol. The molecule has 0 saturated carbocycles. The molecule has 7 heteroatoms. The first-order chi connectivity index (χ1) is 12.2. The number of aryl methyl sites for hydroxylation is 2. The van der Waals surface area contributed by atoms with E-state index in [1.165, 1.54) is 11.3 Å². The lowest BCUT2D eigenvalue weighted by atomic mass is 10.0. The second-order valence-corrected chi connectivity index (χ2v) is 9.54. The zero-order chi connectivity index (χ0) is 19.1. The van der Waals surface area contributed by atoms with Gasteiger partial charge >= 0.3 is 0 Å². The summed E-state index contributed by atoms with van der Waals surface area (Å²) in [6.45, 7) is 9.77. The predicted molar refractivity (Wildman–Crippen MR) is 105 cm³/mol. The van der Waals surface area contributed by atoms with E-state index in [2.05, 4.69) is 23.7 Å². The molecule has 0 spiro atoms. The summed E-state index contributed by atoms with van der Waals surface area (Å²) in [4.78, 5) is 1.73. The Hall–Kier alpha value is -2.12. The molecule has 0 amide bonds. The van der Waals surface area contributed by atoms with E-state index in [0.29, 0.717) is 22.2 Å². The number of anilines is 1. The Bertz CT molecular complexity index is 1030. The second kappa shape index (κ2) is 6.89. The molecule has 1 N–H and O–H groups in total. The van der Waals surface area contributed by atoms with Gasteiger partial charge in [0.15, 0.2) is 5.76 Å². The quantitative estimate of drug-likeness (QED) is 0.645. The largest absolute Gasteiger partial charge is 0.355 e. The lowest BCUT2D eigenvalue weighted by Crippen LogP contribution is -2.13. The van der Waals surface area contributed by atoms with Crippen molar-refractivity contribution in [1.29, 1.82) is 0 Å². The highest BCUT2D eigenvalue weighted by molar-refractivity contribution is 7.93. The van der Waals surface area contributed by atoms with Gasteiger partial charge in [0.1, 0.15) is 4.90 Å². The van der Waals surface area contributed by atoms with E-state index < -0.39 is 10.0 Å². The van der Waals surface area contributed by atoms with Crippen LogP contribution >= 0.6 is 11.3 Å². The zero-order valence-corrected chi connectivity index (χ0v) is 17.1. The van der Waals surface area contributed by atoms with Crippen LogP contribution in [0.4, 0.5) is 5.69 Å². The van der Waals surface area contributed by atoms with Crippen LogP contribution in [0.25, 0.3) is 10.6 Å². The predicted octanol–water partition coefficient (Wildman–Crippen LogP) is 5.25. The van der Waals surface area contributed by atoms with Gasteiger partial charge in [-0.3, -0.25) is 4.72 Å². The lowest BCUT2D eigenvalue weighted by molar-refractivity contribution is 0.427. The first kappa shape index (κ1) is 18.7. The van der Waals surface area contributed by atoms with Crippen molar-refractivity contribution in [2.24, 2.45) is 0 Å². The van der Waals surface area contributed by atoms with Crippen LogP contribution in [0, 0.1) is 20.8 Å². The van der Waals surface area contributed by atoms with Gasteiger partial charge in [0, 0.05) is 16.1 Å². The standard InChI is InChI=1S/C19H22N2O3S2/c1-11(2)15-6-8-16(9-7-15)21-26(22,23)18-10-17(25-14(18)5)19-12(3)13(4)20-24-19/h6-11,21H,1-5H3. The van der Waals surface area contributed by atoms with Gasteiger partial charge in [-0.05, 0) is 50.5 Å². The SMILES string of the molecule is Cc1noc(-c2cc(S(=O)(=O)Nc3ccc(C(C)C)cc3)c(C)s2)c1C. The second-order valence-electron chi connectivity index (χ2n) is 6.64. The molecule has 0 aliphatic rings. The molecule has 0 aliphatic carbocycles. The lowest BCUT2D eigenvalue weighted by Gasteiger charge is -2.10. The number of aromatic nitrogens is 1. The molecule has 26 heavy (non-hydrogen) atoms. The molecule has 0 bridgehead atoms. The van der Waals surface area contributed by atoms with Crippen LogP contribution in [0.1, 0.15) is 41.5 Å². The first-order valence-electron chi connectivity index (χ1n) is 8.35. The van der Waals surface area contributed by atoms with Crippen LogP contribution in [-0.2, 0) is 10.0 Å². The Labute approximate surface area is 158 Å². The number of sulfonamides is 1. The topological polar surface area (TPSA) is 72.2 Å². The Morgan fingerprint density at radius 2 is 1.77 bits per heavy atom. The highest BCUT2D eigenvalue weighted by Gasteiger charge is 2.23. The highest BCUT2D eigenvalue weighted by Crippen LogP contribution is 2.36. The maximum atomic E-state index is 12.8. The van der Waals surface area contributed by atoms with Gasteiger partial charge in [-0.2, -0.15) is 0 Å². The first-order valence-corrected chi connectivity index (χ1v) is 10.7. The van der Waals surface area contributed by atoms with Crippen LogP contribution in [0.15, 0.2) is 39.8 Å². The minimum absolute atomic E-state index is 0.263. The summed E-state index contributed by atoms with van der Waals surface area (Å²) in [5.41, 5.74) is 3.44. The molecule has 2 aromatic heterocycles. The zero-order valence-electron chi connectivity index (χ0n) is 15.5. The number of nitrogens with zero attached hydrogens (tertiary/aromatic N) is 1. The molecule has 0 unspecified atom stereocenters. The van der Waals surface area contributed by atoms with Crippen molar-refractivity contribution in [3.63, 3.8) is 0 Å².